The number of hydrogen-bond acceptors (Lipinski definition) is 3. The molecule has 1 aromatic heterocycles. The van der Waals surface area contributed by atoms with Gasteiger partial charge in [-0.1, -0.05) is 41.9 Å². The van der Waals surface area contributed by atoms with E-state index >= 15 is 0 Å². The van der Waals surface area contributed by atoms with E-state index in [0.29, 0.717) is 17.3 Å². The molecule has 1 heterocycles. The number of nitrogens with zero attached hydrogens (tertiary/aromatic N) is 2. The Morgan fingerprint density at radius 1 is 1.22 bits per heavy atom. The number of fused-ring (bicyclic) bond motifs is 1. The molecule has 3 rings (SSSR count). The highest BCUT2D eigenvalue weighted by Gasteiger charge is 2.12. The van der Waals surface area contributed by atoms with Crippen molar-refractivity contribution < 1.29 is 9.84 Å². The number of rotatable bonds is 5. The zero-order valence-electron chi connectivity index (χ0n) is 13.2. The second kappa shape index (κ2) is 6.60. The minimum absolute atomic E-state index is 0.163. The van der Waals surface area contributed by atoms with Crippen molar-refractivity contribution in [1.29, 1.82) is 0 Å². The number of aliphatic hydroxyl groups excluding tert-OH is 1. The molecule has 3 aromatic rings. The van der Waals surface area contributed by atoms with Crippen molar-refractivity contribution in [2.45, 2.75) is 26.5 Å². The first kappa shape index (κ1) is 15.8. The first-order chi connectivity index (χ1) is 11.0. The molecule has 23 heavy (non-hydrogen) atoms. The van der Waals surface area contributed by atoms with E-state index in [1.54, 1.807) is 4.68 Å². The fourth-order valence-electron chi connectivity index (χ4n) is 2.62. The molecule has 0 amide bonds. The number of halogens is 1. The molecule has 5 heteroatoms. The van der Waals surface area contributed by atoms with Crippen LogP contribution in [-0.2, 0) is 6.54 Å². The third-order valence-corrected chi connectivity index (χ3v) is 4.14. The van der Waals surface area contributed by atoms with Crippen LogP contribution >= 0.6 is 11.6 Å². The van der Waals surface area contributed by atoms with Crippen LogP contribution in [0.15, 0.2) is 42.5 Å². The monoisotopic (exact) mass is 330 g/mol. The van der Waals surface area contributed by atoms with Crippen molar-refractivity contribution in [3.63, 3.8) is 0 Å². The molecule has 0 unspecified atom stereocenters. The summed E-state index contributed by atoms with van der Waals surface area (Å²) in [7, 11) is 0. The molecular weight excluding hydrogens is 312 g/mol. The molecule has 0 fully saturated rings. The molecule has 1 N–H and O–H groups in total. The lowest BCUT2D eigenvalue weighted by Gasteiger charge is -2.15. The van der Waals surface area contributed by atoms with Gasteiger partial charge in [0.25, 0.3) is 0 Å². The summed E-state index contributed by atoms with van der Waals surface area (Å²) in [6, 6.07) is 13.6. The van der Waals surface area contributed by atoms with Gasteiger partial charge in [-0.05, 0) is 31.4 Å². The lowest BCUT2D eigenvalue weighted by atomic mass is 10.1. The third-order valence-electron chi connectivity index (χ3n) is 3.75. The van der Waals surface area contributed by atoms with Gasteiger partial charge in [-0.3, -0.25) is 4.68 Å². The van der Waals surface area contributed by atoms with Crippen LogP contribution in [0.1, 0.15) is 11.4 Å². The van der Waals surface area contributed by atoms with E-state index in [4.69, 9.17) is 16.3 Å². The third kappa shape index (κ3) is 3.49. The average molecular weight is 331 g/mol. The van der Waals surface area contributed by atoms with Crippen LogP contribution in [0, 0.1) is 13.8 Å². The number of benzene rings is 2. The van der Waals surface area contributed by atoms with E-state index in [2.05, 4.69) is 5.10 Å². The largest absolute Gasteiger partial charge is 0.489 e. The Morgan fingerprint density at radius 2 is 2.00 bits per heavy atom. The molecule has 0 spiro atoms. The summed E-state index contributed by atoms with van der Waals surface area (Å²) < 4.78 is 7.49. The maximum atomic E-state index is 10.2. The van der Waals surface area contributed by atoms with Crippen molar-refractivity contribution in [3.05, 3.63) is 58.9 Å². The normalized spacial score (nSPS) is 12.5. The van der Waals surface area contributed by atoms with Crippen molar-refractivity contribution in [1.82, 2.24) is 9.78 Å². The predicted molar refractivity (Wildman–Crippen MR) is 92.2 cm³/mol. The zero-order chi connectivity index (χ0) is 16.4. The Kier molecular flexibility index (Phi) is 4.55. The van der Waals surface area contributed by atoms with Crippen LogP contribution in [0.25, 0.3) is 10.8 Å². The van der Waals surface area contributed by atoms with E-state index in [1.165, 1.54) is 0 Å². The Labute approximate surface area is 140 Å². The molecule has 0 aliphatic heterocycles. The van der Waals surface area contributed by atoms with E-state index in [9.17, 15) is 5.11 Å². The number of aromatic nitrogens is 2. The highest BCUT2D eigenvalue weighted by molar-refractivity contribution is 6.37. The Bertz CT molecular complexity index is 829. The van der Waals surface area contributed by atoms with Gasteiger partial charge in [0.2, 0.25) is 0 Å². The minimum Gasteiger partial charge on any atom is -0.489 e. The van der Waals surface area contributed by atoms with Crippen LogP contribution in [-0.4, -0.2) is 27.6 Å². The summed E-state index contributed by atoms with van der Waals surface area (Å²) in [6.45, 7) is 4.45. The van der Waals surface area contributed by atoms with Crippen LogP contribution in [0.2, 0.25) is 5.02 Å². The van der Waals surface area contributed by atoms with Crippen molar-refractivity contribution >= 4 is 22.4 Å². The average Bonchev–Trinajstić information content (AvgIpc) is 2.84. The molecule has 0 bridgehead atoms. The molecule has 120 valence electrons. The molecule has 2 aromatic carbocycles. The van der Waals surface area contributed by atoms with Gasteiger partial charge in [-0.15, -0.1) is 0 Å². The molecule has 0 radical (unpaired) electrons. The van der Waals surface area contributed by atoms with E-state index < -0.39 is 6.10 Å². The molecule has 4 nitrogen and oxygen atoms in total. The molecule has 1 atom stereocenters. The minimum atomic E-state index is -0.657. The predicted octanol–water partition coefficient (Wildman–Crippen LogP) is 3.75. The number of aliphatic hydroxyl groups is 1. The first-order valence-corrected chi connectivity index (χ1v) is 7.91. The van der Waals surface area contributed by atoms with Crippen LogP contribution < -0.4 is 4.74 Å². The lowest BCUT2D eigenvalue weighted by Crippen LogP contribution is -2.24. The molecule has 0 aliphatic carbocycles. The zero-order valence-corrected chi connectivity index (χ0v) is 13.9. The van der Waals surface area contributed by atoms with Gasteiger partial charge >= 0.3 is 0 Å². The van der Waals surface area contributed by atoms with Crippen molar-refractivity contribution in [3.8, 4) is 5.75 Å². The Hall–Kier alpha value is -2.04. The van der Waals surface area contributed by atoms with E-state index in [0.717, 1.165) is 22.2 Å². The van der Waals surface area contributed by atoms with E-state index in [-0.39, 0.29) is 6.61 Å². The lowest BCUT2D eigenvalue weighted by molar-refractivity contribution is 0.0888. The highest BCUT2D eigenvalue weighted by atomic mass is 35.5. The Morgan fingerprint density at radius 3 is 2.74 bits per heavy atom. The second-order valence-electron chi connectivity index (χ2n) is 5.67. The molecule has 0 saturated heterocycles. The molecule has 0 saturated carbocycles. The quantitative estimate of drug-likeness (QED) is 0.775. The maximum Gasteiger partial charge on any atom is 0.138 e. The van der Waals surface area contributed by atoms with E-state index in [1.807, 2.05) is 56.3 Å². The Balaban J connectivity index is 1.68. The molecular formula is C18H19ClN2O2. The SMILES string of the molecule is Cc1cc(C)n(C[C@@H](O)COc2ccc3ccccc3c2Cl)n1. The summed E-state index contributed by atoms with van der Waals surface area (Å²) in [4.78, 5) is 0. The highest BCUT2D eigenvalue weighted by Crippen LogP contribution is 2.32. The smallest absolute Gasteiger partial charge is 0.138 e. The fourth-order valence-corrected chi connectivity index (χ4v) is 2.91. The summed E-state index contributed by atoms with van der Waals surface area (Å²) in [5.74, 6) is 0.581. The number of hydrogen-bond donors (Lipinski definition) is 1. The summed E-state index contributed by atoms with van der Waals surface area (Å²) in [6.07, 6.45) is -0.657. The van der Waals surface area contributed by atoms with Crippen LogP contribution in [0.3, 0.4) is 0 Å². The van der Waals surface area contributed by atoms with Gasteiger partial charge in [0.15, 0.2) is 0 Å². The summed E-state index contributed by atoms with van der Waals surface area (Å²) >= 11 is 6.39. The van der Waals surface area contributed by atoms with Crippen LogP contribution in [0.5, 0.6) is 5.75 Å². The molecule has 0 aliphatic rings. The van der Waals surface area contributed by atoms with Gasteiger partial charge < -0.3 is 9.84 Å². The summed E-state index contributed by atoms with van der Waals surface area (Å²) in [5.41, 5.74) is 1.96. The first-order valence-electron chi connectivity index (χ1n) is 7.54. The van der Waals surface area contributed by atoms with Gasteiger partial charge in [-0.2, -0.15) is 5.10 Å². The fraction of sp³-hybridized carbons (Fsp3) is 0.278. The van der Waals surface area contributed by atoms with Crippen LogP contribution in [0.4, 0.5) is 0 Å². The van der Waals surface area contributed by atoms with Gasteiger partial charge in [0.05, 0.1) is 17.3 Å². The maximum absolute atomic E-state index is 10.2. The van der Waals surface area contributed by atoms with Crippen molar-refractivity contribution in [2.24, 2.45) is 0 Å². The van der Waals surface area contributed by atoms with Gasteiger partial charge in [0.1, 0.15) is 18.5 Å². The summed E-state index contributed by atoms with van der Waals surface area (Å²) in [5, 5.41) is 17.1. The van der Waals surface area contributed by atoms with Crippen molar-refractivity contribution in [2.75, 3.05) is 6.61 Å². The van der Waals surface area contributed by atoms with Gasteiger partial charge in [0, 0.05) is 11.1 Å². The van der Waals surface area contributed by atoms with Gasteiger partial charge in [-0.25, -0.2) is 0 Å². The number of ether oxygens (including phenoxy) is 1. The standard InChI is InChI=1S/C18H19ClN2O2/c1-12-9-13(2)21(20-12)10-15(22)11-23-17-8-7-14-5-3-4-6-16(14)18(17)19/h3-9,15,22H,10-11H2,1-2H3/t15-/m1/s1. The topological polar surface area (TPSA) is 47.3 Å². The second-order valence-corrected chi connectivity index (χ2v) is 6.05. The number of aryl methyl sites for hydroxylation is 2.